The molecule has 0 aliphatic carbocycles. The van der Waals surface area contributed by atoms with E-state index >= 15 is 0 Å². The Balaban J connectivity index is 3.41. The van der Waals surface area contributed by atoms with Crippen LogP contribution in [0.15, 0.2) is 60.8 Å². The molecule has 0 radical (unpaired) electrons. The molecule has 0 aliphatic heterocycles. The number of amides is 1. The third-order valence-corrected chi connectivity index (χ3v) is 16.0. The third-order valence-electron chi connectivity index (χ3n) is 16.0. The van der Waals surface area contributed by atoms with E-state index in [4.69, 9.17) is 4.74 Å². The van der Waals surface area contributed by atoms with Crippen LogP contribution in [-0.4, -0.2) is 47.4 Å². The summed E-state index contributed by atoms with van der Waals surface area (Å²) < 4.78 is 5.48. The van der Waals surface area contributed by atoms with Crippen molar-refractivity contribution in [2.75, 3.05) is 13.2 Å². The van der Waals surface area contributed by atoms with E-state index < -0.39 is 12.1 Å². The lowest BCUT2D eigenvalue weighted by Gasteiger charge is -2.20. The zero-order valence-corrected chi connectivity index (χ0v) is 52.9. The van der Waals surface area contributed by atoms with Gasteiger partial charge in [0.25, 0.3) is 0 Å². The number of esters is 1. The molecule has 462 valence electrons. The zero-order valence-electron chi connectivity index (χ0n) is 52.9. The van der Waals surface area contributed by atoms with Gasteiger partial charge in [-0.25, -0.2) is 0 Å². The summed E-state index contributed by atoms with van der Waals surface area (Å²) in [7, 11) is 0. The molecule has 79 heavy (non-hydrogen) atoms. The van der Waals surface area contributed by atoms with Crippen molar-refractivity contribution in [3.05, 3.63) is 60.8 Å². The van der Waals surface area contributed by atoms with E-state index in [2.05, 4.69) is 67.8 Å². The van der Waals surface area contributed by atoms with Gasteiger partial charge in [-0.15, -0.1) is 0 Å². The van der Waals surface area contributed by atoms with Crippen molar-refractivity contribution in [1.82, 2.24) is 5.32 Å². The van der Waals surface area contributed by atoms with E-state index in [9.17, 15) is 19.8 Å². The second kappa shape index (κ2) is 68.1. The second-order valence-electron chi connectivity index (χ2n) is 23.9. The van der Waals surface area contributed by atoms with Crippen molar-refractivity contribution < 1.29 is 24.5 Å². The summed E-state index contributed by atoms with van der Waals surface area (Å²) in [5, 5.41) is 23.2. The monoisotopic (exact) mass is 1110 g/mol. The Morgan fingerprint density at radius 2 is 0.633 bits per heavy atom. The van der Waals surface area contributed by atoms with Gasteiger partial charge < -0.3 is 20.3 Å². The van der Waals surface area contributed by atoms with Crippen molar-refractivity contribution in [3.8, 4) is 0 Å². The predicted octanol–water partition coefficient (Wildman–Crippen LogP) is 22.6. The van der Waals surface area contributed by atoms with Gasteiger partial charge in [0.1, 0.15) is 0 Å². The average molecular weight is 1110 g/mol. The van der Waals surface area contributed by atoms with E-state index in [-0.39, 0.29) is 18.5 Å². The van der Waals surface area contributed by atoms with Gasteiger partial charge in [-0.3, -0.25) is 9.59 Å². The van der Waals surface area contributed by atoms with Crippen molar-refractivity contribution in [2.45, 2.75) is 379 Å². The Hall–Kier alpha value is -2.44. The average Bonchev–Trinajstić information content (AvgIpc) is 3.45. The van der Waals surface area contributed by atoms with E-state index in [1.807, 2.05) is 6.08 Å². The Kier molecular flexibility index (Phi) is 66.0. The number of aliphatic hydroxyl groups excluding tert-OH is 2. The van der Waals surface area contributed by atoms with Gasteiger partial charge in [0, 0.05) is 12.8 Å². The SMILES string of the molecule is CCCCCC/C=C\C/C=C\CCCCCCCC(=O)OCCCCCCCCCCC/C=C\C/C=C\CCCCCCCCCCCCCCCCCC(=O)NC(CO)C(O)/C=C/CCCCCCCCCCCCCCC. The lowest BCUT2D eigenvalue weighted by Crippen LogP contribution is -2.45. The Morgan fingerprint density at radius 1 is 0.354 bits per heavy atom. The molecule has 6 nitrogen and oxygen atoms in total. The van der Waals surface area contributed by atoms with Gasteiger partial charge in [-0.2, -0.15) is 0 Å². The molecule has 0 aliphatic rings. The van der Waals surface area contributed by atoms with Crippen LogP contribution in [0.3, 0.4) is 0 Å². The largest absolute Gasteiger partial charge is 0.466 e. The number of rotatable bonds is 65. The molecule has 0 rings (SSSR count). The highest BCUT2D eigenvalue weighted by Crippen LogP contribution is 2.17. The number of hydrogen-bond acceptors (Lipinski definition) is 5. The smallest absolute Gasteiger partial charge is 0.305 e. The summed E-state index contributed by atoms with van der Waals surface area (Å²) in [6.45, 7) is 4.89. The molecule has 3 N–H and O–H groups in total. The summed E-state index contributed by atoms with van der Waals surface area (Å²) >= 11 is 0. The van der Waals surface area contributed by atoms with Gasteiger partial charge in [0.2, 0.25) is 5.91 Å². The van der Waals surface area contributed by atoms with Crippen LogP contribution in [-0.2, 0) is 14.3 Å². The summed E-state index contributed by atoms with van der Waals surface area (Å²) in [6, 6.07) is -0.628. The molecule has 6 heteroatoms. The standard InChI is InChI=1S/C73H135NO5/c1-3-5-7-9-11-13-15-17-19-39-43-47-51-55-59-63-67-73(78)79-68-64-60-56-52-48-44-40-36-34-32-30-28-26-24-22-20-21-23-25-27-29-31-33-35-38-42-46-50-54-58-62-66-72(77)74-70(69-75)71(76)65-61-57-53-49-45-41-37-18-16-14-12-10-8-6-4-2/h13,15,19,22,24,28,30,39,61,65,70-71,75-76H,3-12,14,16-18,20-21,23,25-27,29,31-38,40-60,62-64,66-69H2,1-2H3,(H,74,77)/b15-13-,24-22-,30-28-,39-19-,65-61+. The maximum atomic E-state index is 12.5. The maximum Gasteiger partial charge on any atom is 0.305 e. The molecule has 0 bridgehead atoms. The van der Waals surface area contributed by atoms with Crippen LogP contribution in [0.4, 0.5) is 0 Å². The minimum atomic E-state index is -0.845. The fraction of sp³-hybridized carbons (Fsp3) is 0.836. The molecule has 2 atom stereocenters. The van der Waals surface area contributed by atoms with Crippen LogP contribution in [0.1, 0.15) is 367 Å². The highest BCUT2D eigenvalue weighted by atomic mass is 16.5. The minimum absolute atomic E-state index is 0.000825. The normalized spacial score (nSPS) is 12.9. The van der Waals surface area contributed by atoms with Crippen LogP contribution in [0.2, 0.25) is 0 Å². The zero-order chi connectivity index (χ0) is 57.1. The molecule has 0 saturated heterocycles. The number of hydrogen-bond donors (Lipinski definition) is 3. The first-order valence-corrected chi connectivity index (χ1v) is 35.1. The molecule has 0 fully saturated rings. The Labute approximate surface area is 492 Å². The number of carbonyl (C=O) groups excluding carboxylic acids is 2. The summed E-state index contributed by atoms with van der Waals surface area (Å²) in [6.07, 6.45) is 90.1. The first-order valence-electron chi connectivity index (χ1n) is 35.1. The molecule has 1 amide bonds. The molecule has 0 saturated carbocycles. The Bertz CT molecular complexity index is 1370. The van der Waals surface area contributed by atoms with Crippen LogP contribution in [0, 0.1) is 0 Å². The highest BCUT2D eigenvalue weighted by molar-refractivity contribution is 5.76. The predicted molar refractivity (Wildman–Crippen MR) is 347 cm³/mol. The first kappa shape index (κ1) is 76.6. The third kappa shape index (κ3) is 64.6. The summed E-state index contributed by atoms with van der Waals surface area (Å²) in [5.41, 5.74) is 0. The first-order chi connectivity index (χ1) is 39.0. The van der Waals surface area contributed by atoms with Crippen molar-refractivity contribution in [3.63, 3.8) is 0 Å². The fourth-order valence-corrected chi connectivity index (χ4v) is 10.6. The van der Waals surface area contributed by atoms with E-state index in [0.29, 0.717) is 19.4 Å². The number of nitrogens with one attached hydrogen (secondary N) is 1. The van der Waals surface area contributed by atoms with Crippen LogP contribution < -0.4 is 5.32 Å². The van der Waals surface area contributed by atoms with Crippen LogP contribution >= 0.6 is 0 Å². The summed E-state index contributed by atoms with van der Waals surface area (Å²) in [5.74, 6) is -0.0671. The van der Waals surface area contributed by atoms with Gasteiger partial charge in [0.05, 0.1) is 25.4 Å². The molecule has 0 aromatic heterocycles. The maximum absolute atomic E-state index is 12.5. The molecule has 0 spiro atoms. The van der Waals surface area contributed by atoms with Crippen molar-refractivity contribution in [1.29, 1.82) is 0 Å². The molecule has 0 aromatic rings. The van der Waals surface area contributed by atoms with E-state index in [0.717, 1.165) is 57.8 Å². The second-order valence-corrected chi connectivity index (χ2v) is 23.9. The van der Waals surface area contributed by atoms with Crippen molar-refractivity contribution in [2.24, 2.45) is 0 Å². The van der Waals surface area contributed by atoms with Gasteiger partial charge >= 0.3 is 5.97 Å². The lowest BCUT2D eigenvalue weighted by atomic mass is 10.0. The topological polar surface area (TPSA) is 95.9 Å². The lowest BCUT2D eigenvalue weighted by molar-refractivity contribution is -0.143. The van der Waals surface area contributed by atoms with Crippen LogP contribution in [0.25, 0.3) is 0 Å². The summed E-state index contributed by atoms with van der Waals surface area (Å²) in [4.78, 5) is 24.6. The van der Waals surface area contributed by atoms with Gasteiger partial charge in [-0.1, -0.05) is 319 Å². The molecule has 2 unspecified atom stereocenters. The number of aliphatic hydroxyl groups is 2. The highest BCUT2D eigenvalue weighted by Gasteiger charge is 2.18. The van der Waals surface area contributed by atoms with Gasteiger partial charge in [0.15, 0.2) is 0 Å². The fourth-order valence-electron chi connectivity index (χ4n) is 10.6. The quantitative estimate of drug-likeness (QED) is 0.0320. The number of allylic oxidation sites excluding steroid dienone is 9. The van der Waals surface area contributed by atoms with E-state index in [1.54, 1.807) is 6.08 Å². The van der Waals surface area contributed by atoms with Crippen molar-refractivity contribution >= 4 is 11.9 Å². The molecular weight excluding hydrogens is 971 g/mol. The van der Waals surface area contributed by atoms with E-state index in [1.165, 1.54) is 283 Å². The minimum Gasteiger partial charge on any atom is -0.466 e. The Morgan fingerprint density at radius 3 is 0.975 bits per heavy atom. The number of ether oxygens (including phenoxy) is 1. The molecule has 0 aromatic carbocycles. The number of carbonyl (C=O) groups is 2. The molecule has 0 heterocycles. The van der Waals surface area contributed by atoms with Gasteiger partial charge in [-0.05, 0) is 96.3 Å². The van der Waals surface area contributed by atoms with Crippen LogP contribution in [0.5, 0.6) is 0 Å². The molecular formula is C73H135NO5. The number of unbranched alkanes of at least 4 members (excludes halogenated alkanes) is 46.